The van der Waals surface area contributed by atoms with Crippen LogP contribution in [0.3, 0.4) is 0 Å². The van der Waals surface area contributed by atoms with E-state index in [1.165, 1.54) is 0 Å². The standard InChI is InChI=1S/C17H19NO4S/c1-2-13-7-5-9-15-17(13)22-16-10-4-3-8-14(16)18(15)11-6-12-21-23(19)20/h3-5,7-10H,2,6,11-12H2,1H3,(H,19,20)/p-1. The highest BCUT2D eigenvalue weighted by Crippen LogP contribution is 2.48. The molecule has 0 radical (unpaired) electrons. The van der Waals surface area contributed by atoms with E-state index in [9.17, 15) is 8.76 Å². The van der Waals surface area contributed by atoms with Crippen LogP contribution in [0.25, 0.3) is 0 Å². The van der Waals surface area contributed by atoms with Crippen molar-refractivity contribution < 1.29 is 17.7 Å². The van der Waals surface area contributed by atoms with E-state index in [-0.39, 0.29) is 6.61 Å². The van der Waals surface area contributed by atoms with Gasteiger partial charge >= 0.3 is 0 Å². The maximum absolute atomic E-state index is 10.5. The first kappa shape index (κ1) is 16.0. The number of nitrogens with zero attached hydrogens (tertiary/aromatic N) is 1. The molecule has 0 bridgehead atoms. The molecule has 1 unspecified atom stereocenters. The molecule has 1 heterocycles. The number of fused-ring (bicyclic) bond motifs is 2. The molecule has 1 aliphatic heterocycles. The average Bonchev–Trinajstić information content (AvgIpc) is 2.57. The summed E-state index contributed by atoms with van der Waals surface area (Å²) in [7, 11) is 0. The van der Waals surface area contributed by atoms with Crippen molar-refractivity contribution in [1.29, 1.82) is 0 Å². The smallest absolute Gasteiger partial charge is 0.154 e. The molecule has 1 atom stereocenters. The molecule has 0 aromatic heterocycles. The van der Waals surface area contributed by atoms with Gasteiger partial charge in [0.2, 0.25) is 0 Å². The first-order valence-electron chi connectivity index (χ1n) is 7.59. The average molecular weight is 332 g/mol. The van der Waals surface area contributed by atoms with Gasteiger partial charge in [-0.05, 0) is 36.6 Å². The fraction of sp³-hybridized carbons (Fsp3) is 0.294. The summed E-state index contributed by atoms with van der Waals surface area (Å²) >= 11 is -2.46. The summed E-state index contributed by atoms with van der Waals surface area (Å²) in [5, 5.41) is 0. The van der Waals surface area contributed by atoms with E-state index < -0.39 is 11.4 Å². The molecular weight excluding hydrogens is 314 g/mol. The Labute approximate surface area is 138 Å². The van der Waals surface area contributed by atoms with Crippen molar-refractivity contribution in [2.75, 3.05) is 18.1 Å². The first-order valence-corrected chi connectivity index (χ1v) is 8.59. The van der Waals surface area contributed by atoms with Crippen LogP contribution in [-0.2, 0) is 22.0 Å². The van der Waals surface area contributed by atoms with Crippen LogP contribution < -0.4 is 9.64 Å². The molecule has 2 aromatic carbocycles. The lowest BCUT2D eigenvalue weighted by Gasteiger charge is -2.33. The van der Waals surface area contributed by atoms with Gasteiger partial charge in [-0.1, -0.05) is 31.2 Å². The molecule has 0 aliphatic carbocycles. The van der Waals surface area contributed by atoms with Gasteiger partial charge in [0.1, 0.15) is 0 Å². The van der Waals surface area contributed by atoms with Gasteiger partial charge in [-0.3, -0.25) is 0 Å². The lowest BCUT2D eigenvalue weighted by atomic mass is 10.1. The first-order chi connectivity index (χ1) is 11.2. The van der Waals surface area contributed by atoms with Gasteiger partial charge in [-0.15, -0.1) is 0 Å². The molecule has 0 saturated heterocycles. The Balaban J connectivity index is 1.90. The van der Waals surface area contributed by atoms with Crippen molar-refractivity contribution in [3.8, 4) is 11.5 Å². The van der Waals surface area contributed by atoms with Crippen LogP contribution in [-0.4, -0.2) is 21.9 Å². The number of benzene rings is 2. The van der Waals surface area contributed by atoms with Crippen LogP contribution in [0.5, 0.6) is 11.5 Å². The van der Waals surface area contributed by atoms with Crippen molar-refractivity contribution in [2.24, 2.45) is 0 Å². The number of anilines is 2. The van der Waals surface area contributed by atoms with E-state index in [0.29, 0.717) is 13.0 Å². The molecule has 1 aliphatic rings. The number of hydrogen-bond donors (Lipinski definition) is 0. The number of ether oxygens (including phenoxy) is 1. The quantitative estimate of drug-likeness (QED) is 0.596. The predicted molar refractivity (Wildman–Crippen MR) is 88.8 cm³/mol. The van der Waals surface area contributed by atoms with Crippen LogP contribution in [0.4, 0.5) is 11.4 Å². The molecule has 122 valence electrons. The maximum atomic E-state index is 10.5. The highest BCUT2D eigenvalue weighted by Gasteiger charge is 2.25. The van der Waals surface area contributed by atoms with Gasteiger partial charge in [0.15, 0.2) is 11.5 Å². The van der Waals surface area contributed by atoms with Gasteiger partial charge in [0, 0.05) is 6.54 Å². The van der Waals surface area contributed by atoms with E-state index in [2.05, 4.69) is 22.1 Å². The van der Waals surface area contributed by atoms with Crippen molar-refractivity contribution in [3.63, 3.8) is 0 Å². The van der Waals surface area contributed by atoms with Crippen molar-refractivity contribution >= 4 is 22.7 Å². The number of aryl methyl sites for hydroxylation is 1. The van der Waals surface area contributed by atoms with Crippen LogP contribution in [0.1, 0.15) is 18.9 Å². The molecule has 23 heavy (non-hydrogen) atoms. The zero-order chi connectivity index (χ0) is 16.2. The molecule has 6 heteroatoms. The number of rotatable bonds is 6. The fourth-order valence-electron chi connectivity index (χ4n) is 2.78. The molecule has 0 saturated carbocycles. The summed E-state index contributed by atoms with van der Waals surface area (Å²) in [6.07, 6.45) is 1.48. The molecule has 0 N–H and O–H groups in total. The summed E-state index contributed by atoms with van der Waals surface area (Å²) < 4.78 is 31.7. The summed E-state index contributed by atoms with van der Waals surface area (Å²) in [6, 6.07) is 14.0. The Morgan fingerprint density at radius 3 is 2.74 bits per heavy atom. The lowest BCUT2D eigenvalue weighted by molar-refractivity contribution is 0.297. The highest BCUT2D eigenvalue weighted by atomic mass is 32.2. The zero-order valence-electron chi connectivity index (χ0n) is 12.9. The Morgan fingerprint density at radius 1 is 1.17 bits per heavy atom. The number of hydrogen-bond acceptors (Lipinski definition) is 5. The van der Waals surface area contributed by atoms with E-state index in [1.807, 2.05) is 36.4 Å². The summed E-state index contributed by atoms with van der Waals surface area (Å²) in [6.45, 7) is 2.91. The van der Waals surface area contributed by atoms with E-state index in [4.69, 9.17) is 4.74 Å². The molecule has 5 nitrogen and oxygen atoms in total. The molecule has 0 fully saturated rings. The van der Waals surface area contributed by atoms with E-state index in [1.54, 1.807) is 0 Å². The third-order valence-electron chi connectivity index (χ3n) is 3.82. The van der Waals surface area contributed by atoms with E-state index >= 15 is 0 Å². The topological polar surface area (TPSA) is 61.8 Å². The summed E-state index contributed by atoms with van der Waals surface area (Å²) in [5.41, 5.74) is 3.14. The third-order valence-corrected chi connectivity index (χ3v) is 4.18. The molecule has 2 aromatic rings. The van der Waals surface area contributed by atoms with Crippen molar-refractivity contribution in [1.82, 2.24) is 0 Å². The SMILES string of the molecule is CCc1cccc2c1Oc1ccccc1N2CCCOS(=O)[O-]. The van der Waals surface area contributed by atoms with Crippen LogP contribution in [0, 0.1) is 0 Å². The lowest BCUT2D eigenvalue weighted by Crippen LogP contribution is -2.24. The normalized spacial score (nSPS) is 13.9. The minimum Gasteiger partial charge on any atom is -0.750 e. The van der Waals surface area contributed by atoms with Gasteiger partial charge in [0.05, 0.1) is 29.3 Å². The van der Waals surface area contributed by atoms with Crippen LogP contribution in [0.2, 0.25) is 0 Å². The minimum atomic E-state index is -2.46. The Kier molecular flexibility index (Phi) is 4.95. The maximum Gasteiger partial charge on any atom is 0.154 e. The van der Waals surface area contributed by atoms with Crippen molar-refractivity contribution in [3.05, 3.63) is 48.0 Å². The predicted octanol–water partition coefficient (Wildman–Crippen LogP) is 3.69. The third kappa shape index (κ3) is 3.39. The second kappa shape index (κ2) is 7.12. The van der Waals surface area contributed by atoms with Gasteiger partial charge in [-0.25, -0.2) is 4.21 Å². The molecule has 0 amide bonds. The van der Waals surface area contributed by atoms with Gasteiger partial charge in [-0.2, -0.15) is 0 Å². The van der Waals surface area contributed by atoms with Crippen LogP contribution in [0.15, 0.2) is 42.5 Å². The second-order valence-electron chi connectivity index (χ2n) is 5.22. The summed E-state index contributed by atoms with van der Waals surface area (Å²) in [4.78, 5) is 2.16. The largest absolute Gasteiger partial charge is 0.750 e. The van der Waals surface area contributed by atoms with Crippen LogP contribution >= 0.6 is 0 Å². The Bertz CT molecular complexity index is 719. The van der Waals surface area contributed by atoms with E-state index in [0.717, 1.165) is 34.9 Å². The fourth-order valence-corrected chi connectivity index (χ4v) is 3.03. The number of para-hydroxylation sites is 3. The molecule has 0 spiro atoms. The zero-order valence-corrected chi connectivity index (χ0v) is 13.7. The van der Waals surface area contributed by atoms with Gasteiger partial charge < -0.3 is 18.4 Å². The second-order valence-corrected chi connectivity index (χ2v) is 5.86. The monoisotopic (exact) mass is 332 g/mol. The Morgan fingerprint density at radius 2 is 1.96 bits per heavy atom. The molecular formula is C17H18NO4S-. The van der Waals surface area contributed by atoms with Crippen molar-refractivity contribution in [2.45, 2.75) is 19.8 Å². The van der Waals surface area contributed by atoms with Gasteiger partial charge in [0.25, 0.3) is 0 Å². The Hall–Kier alpha value is -1.89. The molecule has 3 rings (SSSR count). The summed E-state index contributed by atoms with van der Waals surface area (Å²) in [5.74, 6) is 1.69. The highest BCUT2D eigenvalue weighted by molar-refractivity contribution is 7.74. The minimum absolute atomic E-state index is 0.165.